The number of hydrogen-bond acceptors (Lipinski definition) is 2. The van der Waals surface area contributed by atoms with Gasteiger partial charge in [0.25, 0.3) is 0 Å². The van der Waals surface area contributed by atoms with Crippen LogP contribution in [0.4, 0.5) is 0 Å². The first kappa shape index (κ1) is 16.3. The third-order valence-electron chi connectivity index (χ3n) is 3.96. The molecular weight excluding hydrogens is 362 g/mol. The molecule has 1 fully saturated rings. The number of hydrogen-bond donors (Lipinski definition) is 1. The van der Waals surface area contributed by atoms with Gasteiger partial charge in [0.2, 0.25) is 10.0 Å². The molecule has 1 aromatic rings. The summed E-state index contributed by atoms with van der Waals surface area (Å²) in [5, 5.41) is 0.880. The molecule has 20 heavy (non-hydrogen) atoms. The lowest BCUT2D eigenvalue weighted by Gasteiger charge is -2.38. The second kappa shape index (κ2) is 6.34. The molecule has 1 aliphatic carbocycles. The van der Waals surface area contributed by atoms with E-state index in [1.807, 2.05) is 0 Å². The van der Waals surface area contributed by atoms with E-state index in [1.165, 1.54) is 6.07 Å². The van der Waals surface area contributed by atoms with E-state index < -0.39 is 15.6 Å². The maximum absolute atomic E-state index is 12.6. The maximum Gasteiger partial charge on any atom is 0.242 e. The van der Waals surface area contributed by atoms with Gasteiger partial charge in [0.1, 0.15) is 4.90 Å². The zero-order valence-corrected chi connectivity index (χ0v) is 14.6. The minimum absolute atomic E-state index is 0.153. The summed E-state index contributed by atoms with van der Waals surface area (Å²) in [7, 11) is -3.59. The molecule has 0 unspecified atom stereocenters. The first-order valence-corrected chi connectivity index (χ1v) is 9.71. The van der Waals surface area contributed by atoms with Gasteiger partial charge in [0.15, 0.2) is 0 Å². The molecule has 2 rings (SSSR count). The fraction of sp³-hybridized carbons (Fsp3) is 0.571. The second-order valence-corrected chi connectivity index (χ2v) is 8.25. The van der Waals surface area contributed by atoms with Crippen LogP contribution in [0.5, 0.6) is 0 Å². The number of sulfonamides is 1. The van der Waals surface area contributed by atoms with Crippen LogP contribution >= 0.6 is 27.5 Å². The molecule has 0 bridgehead atoms. The van der Waals surface area contributed by atoms with Crippen LogP contribution in [0, 0.1) is 5.92 Å². The average molecular weight is 381 g/mol. The van der Waals surface area contributed by atoms with E-state index in [1.54, 1.807) is 18.2 Å². The maximum atomic E-state index is 12.6. The van der Waals surface area contributed by atoms with Crippen LogP contribution in [-0.4, -0.2) is 19.3 Å². The highest BCUT2D eigenvalue weighted by Crippen LogP contribution is 2.35. The standard InChI is InChI=1S/C14H19BrClNO2S/c1-11-6-8-14(10-15,9-7-11)17-20(18,19)13-5-3-2-4-12(13)16/h2-5,11,17H,6-10H2,1H3. The lowest BCUT2D eigenvalue weighted by molar-refractivity contribution is 0.250. The number of rotatable bonds is 4. The summed E-state index contributed by atoms with van der Waals surface area (Å²) in [6, 6.07) is 6.55. The van der Waals surface area contributed by atoms with E-state index in [2.05, 4.69) is 27.6 Å². The lowest BCUT2D eigenvalue weighted by atomic mass is 9.79. The highest BCUT2D eigenvalue weighted by molar-refractivity contribution is 9.09. The van der Waals surface area contributed by atoms with Crippen molar-refractivity contribution in [3.63, 3.8) is 0 Å². The largest absolute Gasteiger partial charge is 0.242 e. The third kappa shape index (κ3) is 3.56. The van der Waals surface area contributed by atoms with Crippen LogP contribution in [0.2, 0.25) is 5.02 Å². The van der Waals surface area contributed by atoms with Crippen LogP contribution in [0.25, 0.3) is 0 Å². The van der Waals surface area contributed by atoms with Crippen LogP contribution in [0.15, 0.2) is 29.2 Å². The van der Waals surface area contributed by atoms with Crippen LogP contribution < -0.4 is 4.72 Å². The van der Waals surface area contributed by atoms with Crippen molar-refractivity contribution in [2.75, 3.05) is 5.33 Å². The van der Waals surface area contributed by atoms with E-state index in [-0.39, 0.29) is 9.92 Å². The number of nitrogens with one attached hydrogen (secondary N) is 1. The Bertz CT molecular complexity index is 568. The molecule has 1 aromatic carbocycles. The Hall–Kier alpha value is -0.100. The lowest BCUT2D eigenvalue weighted by Crippen LogP contribution is -2.51. The fourth-order valence-corrected chi connectivity index (χ4v) is 5.45. The first-order chi connectivity index (χ1) is 9.38. The second-order valence-electron chi connectivity index (χ2n) is 5.63. The Balaban J connectivity index is 2.25. The molecule has 0 aliphatic heterocycles. The Morgan fingerprint density at radius 2 is 1.95 bits per heavy atom. The summed E-state index contributed by atoms with van der Waals surface area (Å²) in [5.74, 6) is 0.659. The molecule has 0 aromatic heterocycles. The topological polar surface area (TPSA) is 46.2 Å². The molecule has 112 valence electrons. The SMILES string of the molecule is CC1CCC(CBr)(NS(=O)(=O)c2ccccc2Cl)CC1. The van der Waals surface area contributed by atoms with Gasteiger partial charge >= 0.3 is 0 Å². The fourth-order valence-electron chi connectivity index (χ4n) is 2.58. The highest BCUT2D eigenvalue weighted by Gasteiger charge is 2.37. The van der Waals surface area contributed by atoms with Crippen LogP contribution in [0.3, 0.4) is 0 Å². The smallest absolute Gasteiger partial charge is 0.207 e. The Morgan fingerprint density at radius 1 is 1.35 bits per heavy atom. The first-order valence-electron chi connectivity index (χ1n) is 6.73. The zero-order valence-electron chi connectivity index (χ0n) is 11.4. The van der Waals surface area contributed by atoms with Gasteiger partial charge in [-0.3, -0.25) is 0 Å². The van der Waals surface area contributed by atoms with Crippen LogP contribution in [0.1, 0.15) is 32.6 Å². The van der Waals surface area contributed by atoms with Crippen molar-refractivity contribution >= 4 is 37.6 Å². The van der Waals surface area contributed by atoms with E-state index in [9.17, 15) is 8.42 Å². The molecule has 0 radical (unpaired) electrons. The summed E-state index contributed by atoms with van der Waals surface area (Å²) in [6.07, 6.45) is 3.78. The molecule has 0 atom stereocenters. The molecule has 3 nitrogen and oxygen atoms in total. The van der Waals surface area contributed by atoms with E-state index in [4.69, 9.17) is 11.6 Å². The van der Waals surface area contributed by atoms with E-state index >= 15 is 0 Å². The van der Waals surface area contributed by atoms with Crippen molar-refractivity contribution in [3.05, 3.63) is 29.3 Å². The molecule has 1 aliphatic rings. The Labute approximate surface area is 134 Å². The summed E-state index contributed by atoms with van der Waals surface area (Å²) < 4.78 is 28.0. The normalized spacial score (nSPS) is 27.4. The number of alkyl halides is 1. The quantitative estimate of drug-likeness (QED) is 0.804. The van der Waals surface area contributed by atoms with E-state index in [0.29, 0.717) is 11.2 Å². The molecule has 6 heteroatoms. The van der Waals surface area contributed by atoms with Crippen molar-refractivity contribution in [1.82, 2.24) is 4.72 Å². The molecule has 0 heterocycles. The van der Waals surface area contributed by atoms with Gasteiger partial charge in [-0.25, -0.2) is 13.1 Å². The van der Waals surface area contributed by atoms with Crippen molar-refractivity contribution < 1.29 is 8.42 Å². The van der Waals surface area contributed by atoms with Gasteiger partial charge in [0, 0.05) is 10.9 Å². The summed E-state index contributed by atoms with van der Waals surface area (Å²) in [6.45, 7) is 2.21. The molecule has 1 saturated carbocycles. The van der Waals surface area contributed by atoms with Crippen molar-refractivity contribution in [1.29, 1.82) is 0 Å². The number of halogens is 2. The summed E-state index contributed by atoms with van der Waals surface area (Å²) in [5.41, 5.74) is -0.398. The zero-order chi connectivity index (χ0) is 14.8. The van der Waals surface area contributed by atoms with Crippen molar-refractivity contribution in [2.45, 2.75) is 43.0 Å². The van der Waals surface area contributed by atoms with Gasteiger partial charge in [0.05, 0.1) is 5.02 Å². The average Bonchev–Trinajstić information content (AvgIpc) is 2.42. The molecular formula is C14H19BrClNO2S. The van der Waals surface area contributed by atoms with Gasteiger partial charge in [-0.05, 0) is 43.7 Å². The molecule has 1 N–H and O–H groups in total. The Morgan fingerprint density at radius 3 is 2.50 bits per heavy atom. The van der Waals surface area contributed by atoms with Crippen LogP contribution in [-0.2, 0) is 10.0 Å². The molecule has 0 amide bonds. The predicted octanol–water partition coefficient (Wildman–Crippen LogP) is 3.96. The highest BCUT2D eigenvalue weighted by atomic mass is 79.9. The van der Waals surface area contributed by atoms with Gasteiger partial charge in [-0.15, -0.1) is 0 Å². The summed E-state index contributed by atoms with van der Waals surface area (Å²) >= 11 is 9.48. The molecule has 0 spiro atoms. The third-order valence-corrected chi connectivity index (χ3v) is 7.12. The minimum atomic E-state index is -3.59. The Kier molecular flexibility index (Phi) is 5.16. The number of benzene rings is 1. The molecule has 0 saturated heterocycles. The van der Waals surface area contributed by atoms with Gasteiger partial charge in [-0.2, -0.15) is 0 Å². The van der Waals surface area contributed by atoms with Gasteiger partial charge < -0.3 is 0 Å². The summed E-state index contributed by atoms with van der Waals surface area (Å²) in [4.78, 5) is 0.153. The predicted molar refractivity (Wildman–Crippen MR) is 85.9 cm³/mol. The van der Waals surface area contributed by atoms with Crippen molar-refractivity contribution in [3.8, 4) is 0 Å². The van der Waals surface area contributed by atoms with Gasteiger partial charge in [-0.1, -0.05) is 46.6 Å². The van der Waals surface area contributed by atoms with Crippen molar-refractivity contribution in [2.24, 2.45) is 5.92 Å². The van der Waals surface area contributed by atoms with E-state index in [0.717, 1.165) is 25.7 Å². The minimum Gasteiger partial charge on any atom is -0.207 e. The monoisotopic (exact) mass is 379 g/mol.